The fourth-order valence-electron chi connectivity index (χ4n) is 4.39. The highest BCUT2D eigenvalue weighted by Crippen LogP contribution is 2.17. The maximum absolute atomic E-state index is 12.5. The predicted molar refractivity (Wildman–Crippen MR) is 148 cm³/mol. The minimum absolute atomic E-state index is 0.0839. The number of para-hydroxylation sites is 2. The first-order valence-corrected chi connectivity index (χ1v) is 12.4. The SMILES string of the molecule is O=C(Cn1nnc2ccccc21)Nc1ccc(Cc2ccc(NC(=O)Cn3nnc4ccccc43)cc2)cc1. The Morgan fingerprint density at radius 3 is 1.41 bits per heavy atom. The number of nitrogens with one attached hydrogen (secondary N) is 2. The lowest BCUT2D eigenvalue weighted by molar-refractivity contribution is -0.117. The van der Waals surface area contributed by atoms with Gasteiger partial charge in [0.2, 0.25) is 11.8 Å². The minimum atomic E-state index is -0.173. The Labute approximate surface area is 223 Å². The molecule has 0 aliphatic carbocycles. The second-order valence-electron chi connectivity index (χ2n) is 9.14. The Balaban J connectivity index is 1.01. The molecule has 0 aliphatic heterocycles. The number of carbonyl (C=O) groups excluding carboxylic acids is 2. The Bertz CT molecular complexity index is 1640. The quantitative estimate of drug-likeness (QED) is 0.315. The van der Waals surface area contributed by atoms with Crippen molar-refractivity contribution in [3.8, 4) is 0 Å². The Kier molecular flexibility index (Phi) is 6.48. The van der Waals surface area contributed by atoms with E-state index in [1.807, 2.05) is 97.1 Å². The van der Waals surface area contributed by atoms with Crippen LogP contribution in [0.4, 0.5) is 11.4 Å². The van der Waals surface area contributed by atoms with Gasteiger partial charge in [0.05, 0.1) is 11.0 Å². The van der Waals surface area contributed by atoms with E-state index < -0.39 is 0 Å². The number of anilines is 2. The summed E-state index contributed by atoms with van der Waals surface area (Å²) in [5.74, 6) is -0.346. The number of benzene rings is 4. The van der Waals surface area contributed by atoms with Crippen molar-refractivity contribution < 1.29 is 9.59 Å². The van der Waals surface area contributed by atoms with Crippen molar-refractivity contribution in [3.05, 3.63) is 108 Å². The van der Waals surface area contributed by atoms with Gasteiger partial charge in [0, 0.05) is 11.4 Å². The highest BCUT2D eigenvalue weighted by atomic mass is 16.2. The maximum Gasteiger partial charge on any atom is 0.246 e. The molecule has 0 saturated carbocycles. The summed E-state index contributed by atoms with van der Waals surface area (Å²) in [4.78, 5) is 25.0. The summed E-state index contributed by atoms with van der Waals surface area (Å²) in [5, 5.41) is 22.1. The molecule has 39 heavy (non-hydrogen) atoms. The zero-order valence-corrected chi connectivity index (χ0v) is 20.9. The van der Waals surface area contributed by atoms with E-state index in [4.69, 9.17) is 0 Å². The fourth-order valence-corrected chi connectivity index (χ4v) is 4.39. The van der Waals surface area contributed by atoms with Gasteiger partial charge in [-0.3, -0.25) is 9.59 Å². The van der Waals surface area contributed by atoms with Crippen LogP contribution in [-0.2, 0) is 29.1 Å². The average molecular weight is 517 g/mol. The van der Waals surface area contributed by atoms with E-state index in [9.17, 15) is 9.59 Å². The molecular formula is C29H24N8O2. The smallest absolute Gasteiger partial charge is 0.246 e. The second-order valence-corrected chi connectivity index (χ2v) is 9.14. The van der Waals surface area contributed by atoms with Crippen molar-refractivity contribution in [2.45, 2.75) is 19.5 Å². The number of hydrogen-bond donors (Lipinski definition) is 2. The maximum atomic E-state index is 12.5. The summed E-state index contributed by atoms with van der Waals surface area (Å²) in [6.07, 6.45) is 0.721. The first kappa shape index (κ1) is 24.0. The fraction of sp³-hybridized carbons (Fsp3) is 0.103. The summed E-state index contributed by atoms with van der Waals surface area (Å²) in [7, 11) is 0. The van der Waals surface area contributed by atoms with Gasteiger partial charge >= 0.3 is 0 Å². The summed E-state index contributed by atoms with van der Waals surface area (Å²) in [6, 6.07) is 30.5. The van der Waals surface area contributed by atoms with E-state index in [1.54, 1.807) is 9.36 Å². The number of aromatic nitrogens is 6. The van der Waals surface area contributed by atoms with E-state index in [0.29, 0.717) is 11.4 Å². The van der Waals surface area contributed by atoms with E-state index in [2.05, 4.69) is 31.3 Å². The van der Waals surface area contributed by atoms with Crippen LogP contribution in [-0.4, -0.2) is 41.8 Å². The van der Waals surface area contributed by atoms with Gasteiger partial charge in [0.15, 0.2) is 0 Å². The van der Waals surface area contributed by atoms with Gasteiger partial charge in [-0.05, 0) is 66.1 Å². The van der Waals surface area contributed by atoms with Crippen LogP contribution in [0, 0.1) is 0 Å². The third kappa shape index (κ3) is 5.49. The Hall–Kier alpha value is -5.38. The standard InChI is InChI=1S/C29H24N8O2/c38-28(18-36-26-7-3-1-5-24(26)32-34-36)30-22-13-9-20(10-14-22)17-21-11-15-23(16-12-21)31-29(39)19-37-27-8-4-2-6-25(27)33-35-37/h1-16H,17-19H2,(H,30,38)(H,31,39). The normalized spacial score (nSPS) is 11.1. The molecule has 0 saturated heterocycles. The van der Waals surface area contributed by atoms with Gasteiger partial charge in [-0.2, -0.15) is 0 Å². The van der Waals surface area contributed by atoms with Crippen LogP contribution >= 0.6 is 0 Å². The molecular weight excluding hydrogens is 492 g/mol. The van der Waals surface area contributed by atoms with Crippen molar-refractivity contribution in [1.82, 2.24) is 30.0 Å². The van der Waals surface area contributed by atoms with E-state index >= 15 is 0 Å². The molecule has 6 aromatic rings. The number of carbonyl (C=O) groups is 2. The zero-order chi connectivity index (χ0) is 26.6. The molecule has 2 heterocycles. The molecule has 2 aromatic heterocycles. The molecule has 2 N–H and O–H groups in total. The number of rotatable bonds is 8. The van der Waals surface area contributed by atoms with Crippen molar-refractivity contribution in [2.75, 3.05) is 10.6 Å². The molecule has 0 atom stereocenters. The molecule has 0 fully saturated rings. The first-order valence-electron chi connectivity index (χ1n) is 12.4. The first-order chi connectivity index (χ1) is 19.1. The Morgan fingerprint density at radius 1 is 0.564 bits per heavy atom. The van der Waals surface area contributed by atoms with Crippen LogP contribution in [0.2, 0.25) is 0 Å². The molecule has 2 amide bonds. The monoisotopic (exact) mass is 516 g/mol. The molecule has 10 nitrogen and oxygen atoms in total. The highest BCUT2D eigenvalue weighted by Gasteiger charge is 2.10. The molecule has 10 heteroatoms. The van der Waals surface area contributed by atoms with Gasteiger partial charge < -0.3 is 10.6 Å². The van der Waals surface area contributed by atoms with Crippen LogP contribution in [0.25, 0.3) is 22.1 Å². The highest BCUT2D eigenvalue weighted by molar-refractivity contribution is 5.92. The van der Waals surface area contributed by atoms with Crippen LogP contribution < -0.4 is 10.6 Å². The van der Waals surface area contributed by atoms with Gasteiger partial charge in [-0.1, -0.05) is 59.0 Å². The topological polar surface area (TPSA) is 120 Å². The second kappa shape index (κ2) is 10.5. The van der Waals surface area contributed by atoms with Crippen LogP contribution in [0.1, 0.15) is 11.1 Å². The average Bonchev–Trinajstić information content (AvgIpc) is 3.55. The summed E-state index contributed by atoms with van der Waals surface area (Å²) in [6.45, 7) is 0.168. The minimum Gasteiger partial charge on any atom is -0.324 e. The van der Waals surface area contributed by atoms with Gasteiger partial charge in [0.1, 0.15) is 24.1 Å². The zero-order valence-electron chi connectivity index (χ0n) is 20.9. The van der Waals surface area contributed by atoms with Crippen molar-refractivity contribution in [3.63, 3.8) is 0 Å². The van der Waals surface area contributed by atoms with E-state index in [1.165, 1.54) is 0 Å². The number of amides is 2. The lowest BCUT2D eigenvalue weighted by atomic mass is 10.0. The molecule has 4 aromatic carbocycles. The molecule has 0 radical (unpaired) electrons. The molecule has 0 aliphatic rings. The third-order valence-electron chi connectivity index (χ3n) is 6.31. The van der Waals surface area contributed by atoms with Crippen LogP contribution in [0.15, 0.2) is 97.1 Å². The predicted octanol–water partition coefficient (Wildman–Crippen LogP) is 4.04. The van der Waals surface area contributed by atoms with Crippen LogP contribution in [0.3, 0.4) is 0 Å². The Morgan fingerprint density at radius 2 is 0.974 bits per heavy atom. The molecule has 0 unspecified atom stereocenters. The molecule has 0 spiro atoms. The van der Waals surface area contributed by atoms with E-state index in [-0.39, 0.29) is 24.9 Å². The summed E-state index contributed by atoms with van der Waals surface area (Å²) < 4.78 is 3.17. The van der Waals surface area contributed by atoms with Crippen LogP contribution in [0.5, 0.6) is 0 Å². The molecule has 0 bridgehead atoms. The lowest BCUT2D eigenvalue weighted by Gasteiger charge is -2.09. The molecule has 192 valence electrons. The number of hydrogen-bond acceptors (Lipinski definition) is 6. The number of nitrogens with zero attached hydrogens (tertiary/aromatic N) is 6. The van der Waals surface area contributed by atoms with Crippen molar-refractivity contribution >= 4 is 45.3 Å². The van der Waals surface area contributed by atoms with Gasteiger partial charge in [-0.15, -0.1) is 10.2 Å². The van der Waals surface area contributed by atoms with Crippen molar-refractivity contribution in [2.24, 2.45) is 0 Å². The van der Waals surface area contributed by atoms with Gasteiger partial charge in [0.25, 0.3) is 0 Å². The summed E-state index contributed by atoms with van der Waals surface area (Å²) >= 11 is 0. The van der Waals surface area contributed by atoms with E-state index in [0.717, 1.165) is 39.6 Å². The largest absolute Gasteiger partial charge is 0.324 e. The van der Waals surface area contributed by atoms with Gasteiger partial charge in [-0.25, -0.2) is 9.36 Å². The summed E-state index contributed by atoms with van der Waals surface area (Å²) in [5.41, 5.74) is 6.78. The number of fused-ring (bicyclic) bond motifs is 2. The molecule has 6 rings (SSSR count). The lowest BCUT2D eigenvalue weighted by Crippen LogP contribution is -2.19. The van der Waals surface area contributed by atoms with Crippen molar-refractivity contribution in [1.29, 1.82) is 0 Å². The third-order valence-corrected chi connectivity index (χ3v) is 6.31.